The van der Waals surface area contributed by atoms with Crippen LogP contribution in [-0.4, -0.2) is 21.2 Å². The van der Waals surface area contributed by atoms with Crippen molar-refractivity contribution < 1.29 is 4.79 Å². The van der Waals surface area contributed by atoms with Crippen LogP contribution in [-0.2, 0) is 4.79 Å². The Morgan fingerprint density at radius 3 is 2.39 bits per heavy atom. The van der Waals surface area contributed by atoms with Crippen LogP contribution >= 0.6 is 24.0 Å². The van der Waals surface area contributed by atoms with Gasteiger partial charge in [0.2, 0.25) is 0 Å². The van der Waals surface area contributed by atoms with Gasteiger partial charge in [-0.05, 0) is 32.4 Å². The number of rotatable bonds is 2. The molecule has 1 fully saturated rings. The Hall–Kier alpha value is -1.13. The fourth-order valence-electron chi connectivity index (χ4n) is 1.74. The van der Waals surface area contributed by atoms with E-state index >= 15 is 0 Å². The first kappa shape index (κ1) is 13.3. The SMILES string of the molecule is Cc1ccc(/C=C2\SC(=S)N(C(C)C)C2=O)cc1. The minimum atomic E-state index is 0.0144. The number of thioether (sulfide) groups is 1. The van der Waals surface area contributed by atoms with Crippen LogP contribution in [0.1, 0.15) is 25.0 Å². The standard InChI is InChI=1S/C14H15NOS2/c1-9(2)15-13(16)12(18-14(15)17)8-11-6-4-10(3)5-7-11/h4-9H,1-3H3/b12-8-. The normalized spacial score (nSPS) is 18.2. The van der Waals surface area contributed by atoms with E-state index in [0.717, 1.165) is 5.56 Å². The van der Waals surface area contributed by atoms with Crippen molar-refractivity contribution in [1.82, 2.24) is 4.90 Å². The molecule has 1 aliphatic heterocycles. The molecule has 1 aromatic rings. The van der Waals surface area contributed by atoms with Crippen molar-refractivity contribution in [3.05, 3.63) is 40.3 Å². The third-order valence-electron chi connectivity index (χ3n) is 2.72. The molecule has 18 heavy (non-hydrogen) atoms. The molecular weight excluding hydrogens is 262 g/mol. The number of carbonyl (C=O) groups is 1. The molecular formula is C14H15NOS2. The summed E-state index contributed by atoms with van der Waals surface area (Å²) in [6.45, 7) is 5.99. The number of aryl methyl sites for hydroxylation is 1. The third-order valence-corrected chi connectivity index (χ3v) is 4.05. The molecule has 4 heteroatoms. The molecule has 1 saturated heterocycles. The average molecular weight is 277 g/mol. The second-order valence-electron chi connectivity index (χ2n) is 4.56. The molecule has 0 spiro atoms. The minimum absolute atomic E-state index is 0.0144. The fourth-order valence-corrected chi connectivity index (χ4v) is 3.26. The van der Waals surface area contributed by atoms with Crippen LogP contribution in [0.5, 0.6) is 0 Å². The summed E-state index contributed by atoms with van der Waals surface area (Å²) in [7, 11) is 0. The second-order valence-corrected chi connectivity index (χ2v) is 6.23. The molecule has 0 unspecified atom stereocenters. The highest BCUT2D eigenvalue weighted by molar-refractivity contribution is 8.26. The Morgan fingerprint density at radius 1 is 1.28 bits per heavy atom. The summed E-state index contributed by atoms with van der Waals surface area (Å²) in [6, 6.07) is 8.21. The summed E-state index contributed by atoms with van der Waals surface area (Å²) in [6.07, 6.45) is 1.90. The number of nitrogens with zero attached hydrogens (tertiary/aromatic N) is 1. The molecule has 1 aromatic carbocycles. The summed E-state index contributed by atoms with van der Waals surface area (Å²) < 4.78 is 0.647. The Bertz CT molecular complexity index is 517. The van der Waals surface area contributed by atoms with E-state index in [0.29, 0.717) is 9.23 Å². The second kappa shape index (κ2) is 5.24. The molecule has 0 aliphatic carbocycles. The van der Waals surface area contributed by atoms with Crippen LogP contribution in [0.25, 0.3) is 6.08 Å². The number of thiocarbonyl (C=S) groups is 1. The summed E-state index contributed by atoms with van der Waals surface area (Å²) >= 11 is 6.61. The van der Waals surface area contributed by atoms with Crippen molar-refractivity contribution in [3.63, 3.8) is 0 Å². The Morgan fingerprint density at radius 2 is 1.89 bits per heavy atom. The van der Waals surface area contributed by atoms with Crippen LogP contribution in [0.15, 0.2) is 29.2 Å². The summed E-state index contributed by atoms with van der Waals surface area (Å²) in [5.41, 5.74) is 2.24. The highest BCUT2D eigenvalue weighted by Crippen LogP contribution is 2.33. The number of benzene rings is 1. The van der Waals surface area contributed by atoms with Crippen LogP contribution in [0.2, 0.25) is 0 Å². The first-order valence-corrected chi connectivity index (χ1v) is 7.05. The predicted octanol–water partition coefficient (Wildman–Crippen LogP) is 3.60. The summed E-state index contributed by atoms with van der Waals surface area (Å²) in [4.78, 5) is 14.6. The van der Waals surface area contributed by atoms with Gasteiger partial charge in [-0.2, -0.15) is 0 Å². The zero-order valence-electron chi connectivity index (χ0n) is 10.6. The maximum absolute atomic E-state index is 12.2. The lowest BCUT2D eigenvalue weighted by atomic mass is 10.1. The van der Waals surface area contributed by atoms with Crippen LogP contribution < -0.4 is 0 Å². The van der Waals surface area contributed by atoms with Gasteiger partial charge in [0.15, 0.2) is 0 Å². The molecule has 2 nitrogen and oxygen atoms in total. The topological polar surface area (TPSA) is 20.3 Å². The monoisotopic (exact) mass is 277 g/mol. The third kappa shape index (κ3) is 2.65. The van der Waals surface area contributed by atoms with Crippen molar-refractivity contribution in [3.8, 4) is 0 Å². The molecule has 1 aliphatic rings. The van der Waals surface area contributed by atoms with E-state index in [-0.39, 0.29) is 11.9 Å². The fraction of sp³-hybridized carbons (Fsp3) is 0.286. The number of carbonyl (C=O) groups excluding carboxylic acids is 1. The zero-order chi connectivity index (χ0) is 13.3. The summed E-state index contributed by atoms with van der Waals surface area (Å²) in [5, 5.41) is 0. The molecule has 2 rings (SSSR count). The molecule has 1 amide bonds. The smallest absolute Gasteiger partial charge is 0.266 e. The van der Waals surface area contributed by atoms with E-state index in [2.05, 4.69) is 0 Å². The highest BCUT2D eigenvalue weighted by atomic mass is 32.2. The van der Waals surface area contributed by atoms with E-state index in [4.69, 9.17) is 12.2 Å². The van der Waals surface area contributed by atoms with E-state index in [1.165, 1.54) is 17.3 Å². The molecule has 0 bridgehead atoms. The molecule has 94 valence electrons. The van der Waals surface area contributed by atoms with Gasteiger partial charge in [0.1, 0.15) is 4.32 Å². The van der Waals surface area contributed by atoms with E-state index in [9.17, 15) is 4.79 Å². The molecule has 0 saturated carbocycles. The van der Waals surface area contributed by atoms with Crippen LogP contribution in [0.3, 0.4) is 0 Å². The van der Waals surface area contributed by atoms with Gasteiger partial charge >= 0.3 is 0 Å². The van der Waals surface area contributed by atoms with Gasteiger partial charge in [-0.1, -0.05) is 53.8 Å². The molecule has 0 atom stereocenters. The number of hydrogen-bond donors (Lipinski definition) is 0. The first-order chi connectivity index (χ1) is 8.49. The summed E-state index contributed by atoms with van der Waals surface area (Å²) in [5.74, 6) is 0.0144. The molecule has 0 radical (unpaired) electrons. The number of hydrogen-bond acceptors (Lipinski definition) is 3. The lowest BCUT2D eigenvalue weighted by molar-refractivity contribution is -0.123. The van der Waals surface area contributed by atoms with E-state index in [1.807, 2.05) is 51.1 Å². The maximum Gasteiger partial charge on any atom is 0.266 e. The Balaban J connectivity index is 2.28. The largest absolute Gasteiger partial charge is 0.290 e. The lowest BCUT2D eigenvalue weighted by Gasteiger charge is -2.18. The average Bonchev–Trinajstić information content (AvgIpc) is 2.57. The van der Waals surface area contributed by atoms with Crippen LogP contribution in [0, 0.1) is 6.92 Å². The minimum Gasteiger partial charge on any atom is -0.290 e. The molecule has 1 heterocycles. The first-order valence-electron chi connectivity index (χ1n) is 5.83. The quantitative estimate of drug-likeness (QED) is 0.608. The van der Waals surface area contributed by atoms with E-state index in [1.54, 1.807) is 4.90 Å². The van der Waals surface area contributed by atoms with Gasteiger partial charge in [0.25, 0.3) is 5.91 Å². The number of amides is 1. The van der Waals surface area contributed by atoms with Gasteiger partial charge in [0.05, 0.1) is 4.91 Å². The van der Waals surface area contributed by atoms with Gasteiger partial charge in [-0.25, -0.2) is 0 Å². The van der Waals surface area contributed by atoms with Gasteiger partial charge in [-0.15, -0.1) is 0 Å². The highest BCUT2D eigenvalue weighted by Gasteiger charge is 2.33. The predicted molar refractivity (Wildman–Crippen MR) is 81.3 cm³/mol. The van der Waals surface area contributed by atoms with Gasteiger partial charge in [-0.3, -0.25) is 9.69 Å². The van der Waals surface area contributed by atoms with Gasteiger partial charge in [0, 0.05) is 6.04 Å². The van der Waals surface area contributed by atoms with Crippen molar-refractivity contribution in [2.75, 3.05) is 0 Å². The van der Waals surface area contributed by atoms with Crippen molar-refractivity contribution in [1.29, 1.82) is 0 Å². The van der Waals surface area contributed by atoms with Crippen molar-refractivity contribution in [2.24, 2.45) is 0 Å². The van der Waals surface area contributed by atoms with Crippen molar-refractivity contribution >= 4 is 40.3 Å². The maximum atomic E-state index is 12.2. The molecule has 0 N–H and O–H groups in total. The zero-order valence-corrected chi connectivity index (χ0v) is 12.3. The lowest BCUT2D eigenvalue weighted by Crippen LogP contribution is -2.34. The Labute approximate surface area is 117 Å². The molecule has 0 aromatic heterocycles. The van der Waals surface area contributed by atoms with Gasteiger partial charge < -0.3 is 0 Å². The van der Waals surface area contributed by atoms with Crippen molar-refractivity contribution in [2.45, 2.75) is 26.8 Å². The van der Waals surface area contributed by atoms with Crippen LogP contribution in [0.4, 0.5) is 0 Å². The Kier molecular flexibility index (Phi) is 3.88. The van der Waals surface area contributed by atoms with E-state index < -0.39 is 0 Å².